The predicted molar refractivity (Wildman–Crippen MR) is 133 cm³/mol. The molecule has 0 heterocycles. The van der Waals surface area contributed by atoms with E-state index in [9.17, 15) is 14.4 Å². The first-order valence-corrected chi connectivity index (χ1v) is 11.3. The van der Waals surface area contributed by atoms with Crippen molar-refractivity contribution in [3.8, 4) is 0 Å². The van der Waals surface area contributed by atoms with Gasteiger partial charge in [0.05, 0.1) is 13.0 Å². The zero-order valence-corrected chi connectivity index (χ0v) is 20.1. The highest BCUT2D eigenvalue weighted by atomic mass is 32.1. The number of amides is 2. The largest absolute Gasteiger partial charge is 0.466 e. The number of benzene rings is 2. The molecule has 7 nitrogen and oxygen atoms in total. The molecule has 3 N–H and O–H groups in total. The van der Waals surface area contributed by atoms with Crippen LogP contribution < -0.4 is 16.0 Å². The van der Waals surface area contributed by atoms with E-state index in [1.54, 1.807) is 24.3 Å². The highest BCUT2D eigenvalue weighted by Gasteiger charge is 2.16. The normalized spacial score (nSPS) is 10.8. The third-order valence-electron chi connectivity index (χ3n) is 4.40. The molecule has 0 spiro atoms. The number of hydrogen-bond acceptors (Lipinski definition) is 5. The molecule has 0 radical (unpaired) electrons. The summed E-state index contributed by atoms with van der Waals surface area (Å²) in [4.78, 5) is 36.2. The maximum absolute atomic E-state index is 12.3. The molecule has 0 aliphatic heterocycles. The van der Waals surface area contributed by atoms with Crippen LogP contribution in [0.1, 0.15) is 56.0 Å². The van der Waals surface area contributed by atoms with Crippen LogP contribution in [-0.2, 0) is 20.7 Å². The Kier molecular flexibility index (Phi) is 10.00. The molecule has 0 unspecified atom stereocenters. The molecular formula is C25H31N3O4S. The number of aryl methyl sites for hydroxylation is 1. The summed E-state index contributed by atoms with van der Waals surface area (Å²) in [6.45, 7) is 6.02. The van der Waals surface area contributed by atoms with Crippen molar-refractivity contribution in [2.75, 3.05) is 11.9 Å². The first-order chi connectivity index (χ1) is 15.6. The van der Waals surface area contributed by atoms with E-state index in [0.29, 0.717) is 17.9 Å². The molecule has 176 valence electrons. The summed E-state index contributed by atoms with van der Waals surface area (Å²) in [5.74, 6) is -1.02. The van der Waals surface area contributed by atoms with Crippen molar-refractivity contribution < 1.29 is 19.1 Å². The number of ether oxygens (including phenoxy) is 1. The molecule has 8 heteroatoms. The second-order valence-electron chi connectivity index (χ2n) is 8.60. The summed E-state index contributed by atoms with van der Waals surface area (Å²) >= 11 is 5.16. The van der Waals surface area contributed by atoms with E-state index in [-0.39, 0.29) is 29.4 Å². The van der Waals surface area contributed by atoms with Crippen LogP contribution in [0.2, 0.25) is 0 Å². The zero-order valence-electron chi connectivity index (χ0n) is 19.3. The summed E-state index contributed by atoms with van der Waals surface area (Å²) in [7, 11) is 0. The molecular weight excluding hydrogens is 438 g/mol. The average Bonchev–Trinajstić information content (AvgIpc) is 2.75. The molecule has 0 atom stereocenters. The minimum Gasteiger partial charge on any atom is -0.466 e. The lowest BCUT2D eigenvalue weighted by Gasteiger charge is -2.20. The molecule has 2 aromatic carbocycles. The summed E-state index contributed by atoms with van der Waals surface area (Å²) < 4.78 is 5.18. The maximum atomic E-state index is 12.3. The van der Waals surface area contributed by atoms with Gasteiger partial charge in [-0.1, -0.05) is 36.4 Å². The number of esters is 1. The molecule has 2 amide bonds. The molecule has 0 aromatic heterocycles. The number of carbonyl (C=O) groups excluding carboxylic acids is 3. The van der Waals surface area contributed by atoms with E-state index in [1.165, 1.54) is 5.56 Å². The monoisotopic (exact) mass is 469 g/mol. The molecule has 0 bridgehead atoms. The van der Waals surface area contributed by atoms with Gasteiger partial charge in [-0.3, -0.25) is 14.4 Å². The zero-order chi connectivity index (χ0) is 24.3. The fraction of sp³-hybridized carbons (Fsp3) is 0.360. The van der Waals surface area contributed by atoms with Crippen molar-refractivity contribution in [1.82, 2.24) is 10.6 Å². The molecule has 2 aromatic rings. The van der Waals surface area contributed by atoms with E-state index >= 15 is 0 Å². The van der Waals surface area contributed by atoms with Crippen molar-refractivity contribution in [2.24, 2.45) is 0 Å². The van der Waals surface area contributed by atoms with Gasteiger partial charge in [-0.05, 0) is 69.6 Å². The van der Waals surface area contributed by atoms with Crippen molar-refractivity contribution in [3.05, 3.63) is 65.7 Å². The summed E-state index contributed by atoms with van der Waals surface area (Å²) in [5, 5.41) is 8.39. The number of nitrogens with one attached hydrogen (secondary N) is 3. The van der Waals surface area contributed by atoms with E-state index in [1.807, 2.05) is 51.1 Å². The van der Waals surface area contributed by atoms with Crippen molar-refractivity contribution in [3.63, 3.8) is 0 Å². The van der Waals surface area contributed by atoms with E-state index in [0.717, 1.165) is 12.8 Å². The Labute approximate surface area is 200 Å². The summed E-state index contributed by atoms with van der Waals surface area (Å²) in [6.07, 6.45) is 1.49. The Morgan fingerprint density at radius 2 is 1.70 bits per heavy atom. The van der Waals surface area contributed by atoms with Gasteiger partial charge in [0.25, 0.3) is 5.91 Å². The Balaban J connectivity index is 1.68. The smallest absolute Gasteiger partial charge is 0.306 e. The van der Waals surface area contributed by atoms with Gasteiger partial charge in [0.2, 0.25) is 5.91 Å². The quantitative estimate of drug-likeness (QED) is 0.292. The number of hydrogen-bond donors (Lipinski definition) is 3. The average molecular weight is 470 g/mol. The summed E-state index contributed by atoms with van der Waals surface area (Å²) in [6, 6.07) is 16.8. The lowest BCUT2D eigenvalue weighted by Crippen LogP contribution is -2.40. The van der Waals surface area contributed by atoms with Gasteiger partial charge in [-0.2, -0.15) is 0 Å². The van der Waals surface area contributed by atoms with Gasteiger partial charge >= 0.3 is 5.97 Å². The lowest BCUT2D eigenvalue weighted by atomic mass is 10.1. The Morgan fingerprint density at radius 1 is 0.970 bits per heavy atom. The first kappa shape index (κ1) is 26.0. The maximum Gasteiger partial charge on any atom is 0.306 e. The summed E-state index contributed by atoms with van der Waals surface area (Å²) in [5.41, 5.74) is 1.88. The van der Waals surface area contributed by atoms with Gasteiger partial charge in [0, 0.05) is 23.2 Å². The molecule has 0 fully saturated rings. The Morgan fingerprint density at radius 3 is 2.39 bits per heavy atom. The highest BCUT2D eigenvalue weighted by Crippen LogP contribution is 2.12. The van der Waals surface area contributed by atoms with Crippen molar-refractivity contribution >= 4 is 40.8 Å². The number of rotatable bonds is 9. The standard InChI is InChI=1S/C25H31N3O4S/c1-25(2,3)28-23(31)19-12-7-13-20(17-19)26-24(33)27-21(29)14-15-22(30)32-16-8-11-18-9-5-4-6-10-18/h4-7,9-10,12-13,17H,8,11,14-16H2,1-3H3,(H,28,31)(H2,26,27,29,33). The Hall–Kier alpha value is -3.26. The second-order valence-corrected chi connectivity index (χ2v) is 9.01. The predicted octanol–water partition coefficient (Wildman–Crippen LogP) is 3.98. The third kappa shape index (κ3) is 10.7. The van der Waals surface area contributed by atoms with Gasteiger partial charge in [-0.15, -0.1) is 0 Å². The molecule has 0 aliphatic rings. The van der Waals surface area contributed by atoms with E-state index < -0.39 is 11.9 Å². The number of anilines is 1. The van der Waals surface area contributed by atoms with Crippen LogP contribution in [0.4, 0.5) is 5.69 Å². The van der Waals surface area contributed by atoms with Gasteiger partial charge in [0.1, 0.15) is 0 Å². The van der Waals surface area contributed by atoms with Crippen molar-refractivity contribution in [1.29, 1.82) is 0 Å². The lowest BCUT2D eigenvalue weighted by molar-refractivity contribution is -0.145. The van der Waals surface area contributed by atoms with Crippen LogP contribution in [0.5, 0.6) is 0 Å². The van der Waals surface area contributed by atoms with Crippen LogP contribution in [0.15, 0.2) is 54.6 Å². The molecule has 0 saturated carbocycles. The Bertz CT molecular complexity index is 971. The number of thiocarbonyl (C=S) groups is 1. The molecule has 0 saturated heterocycles. The van der Waals surface area contributed by atoms with Gasteiger partial charge < -0.3 is 20.7 Å². The fourth-order valence-corrected chi connectivity index (χ4v) is 3.13. The number of carbonyl (C=O) groups is 3. The van der Waals surface area contributed by atoms with Crippen LogP contribution in [-0.4, -0.2) is 35.0 Å². The molecule has 2 rings (SSSR count). The van der Waals surface area contributed by atoms with Gasteiger partial charge in [-0.25, -0.2) is 0 Å². The highest BCUT2D eigenvalue weighted by molar-refractivity contribution is 7.80. The van der Waals surface area contributed by atoms with Crippen LogP contribution in [0.25, 0.3) is 0 Å². The second kappa shape index (κ2) is 12.7. The fourth-order valence-electron chi connectivity index (χ4n) is 2.90. The topological polar surface area (TPSA) is 96.5 Å². The third-order valence-corrected chi connectivity index (χ3v) is 4.60. The van der Waals surface area contributed by atoms with Gasteiger partial charge in [0.15, 0.2) is 5.11 Å². The minimum absolute atomic E-state index is 0.0256. The SMILES string of the molecule is CC(C)(C)NC(=O)c1cccc(NC(=S)NC(=O)CCC(=O)OCCCc2ccccc2)c1. The van der Waals surface area contributed by atoms with E-state index in [4.69, 9.17) is 17.0 Å². The first-order valence-electron chi connectivity index (χ1n) is 10.9. The van der Waals surface area contributed by atoms with Crippen LogP contribution in [0, 0.1) is 0 Å². The van der Waals surface area contributed by atoms with E-state index in [2.05, 4.69) is 16.0 Å². The van der Waals surface area contributed by atoms with Crippen LogP contribution >= 0.6 is 12.2 Å². The minimum atomic E-state index is -0.422. The van der Waals surface area contributed by atoms with Crippen molar-refractivity contribution in [2.45, 2.75) is 52.0 Å². The molecule has 33 heavy (non-hydrogen) atoms. The molecule has 0 aliphatic carbocycles. The van der Waals surface area contributed by atoms with Crippen LogP contribution in [0.3, 0.4) is 0 Å².